The second kappa shape index (κ2) is 4.27. The van der Waals surface area contributed by atoms with Gasteiger partial charge in [0, 0.05) is 6.04 Å². The molecule has 16 heavy (non-hydrogen) atoms. The van der Waals surface area contributed by atoms with Crippen LogP contribution in [0.2, 0.25) is 5.28 Å². The van der Waals surface area contributed by atoms with Crippen LogP contribution in [0.5, 0.6) is 0 Å². The number of halogens is 1. The maximum atomic E-state index is 11.8. The minimum Gasteiger partial charge on any atom is -0.225 e. The van der Waals surface area contributed by atoms with E-state index >= 15 is 0 Å². The Morgan fingerprint density at radius 2 is 2.12 bits per heavy atom. The molecule has 0 spiro atoms. The summed E-state index contributed by atoms with van der Waals surface area (Å²) in [6, 6.07) is 0.0608. The molecule has 1 aromatic rings. The van der Waals surface area contributed by atoms with Gasteiger partial charge in [0.25, 0.3) is 0 Å². The molecule has 0 radical (unpaired) electrons. The monoisotopic (exact) mass is 261 g/mol. The van der Waals surface area contributed by atoms with Gasteiger partial charge in [0.1, 0.15) is 4.90 Å². The Balaban J connectivity index is 2.10. The Labute approximate surface area is 99.3 Å². The van der Waals surface area contributed by atoms with Gasteiger partial charge in [0.05, 0.1) is 12.4 Å². The molecule has 1 N–H and O–H groups in total. The highest BCUT2D eigenvalue weighted by atomic mass is 35.5. The molecule has 1 aliphatic rings. The highest BCUT2D eigenvalue weighted by Crippen LogP contribution is 2.34. The van der Waals surface area contributed by atoms with Crippen molar-refractivity contribution in [3.63, 3.8) is 0 Å². The second-order valence-electron chi connectivity index (χ2n) is 3.82. The lowest BCUT2D eigenvalue weighted by Crippen LogP contribution is -2.27. The molecule has 0 aliphatic heterocycles. The summed E-state index contributed by atoms with van der Waals surface area (Å²) in [5.74, 6) is 0.461. The van der Waals surface area contributed by atoms with Crippen molar-refractivity contribution < 1.29 is 8.42 Å². The van der Waals surface area contributed by atoms with Crippen molar-refractivity contribution >= 4 is 21.6 Å². The van der Waals surface area contributed by atoms with Gasteiger partial charge in [-0.15, -0.1) is 0 Å². The van der Waals surface area contributed by atoms with Gasteiger partial charge < -0.3 is 0 Å². The Kier molecular flexibility index (Phi) is 3.14. The molecule has 1 heterocycles. The molecule has 1 saturated carbocycles. The second-order valence-corrected chi connectivity index (χ2v) is 5.87. The zero-order valence-electron chi connectivity index (χ0n) is 8.72. The Morgan fingerprint density at radius 1 is 1.50 bits per heavy atom. The summed E-state index contributed by atoms with van der Waals surface area (Å²) in [5.41, 5.74) is 0. The van der Waals surface area contributed by atoms with Crippen LogP contribution >= 0.6 is 11.6 Å². The van der Waals surface area contributed by atoms with Gasteiger partial charge in [-0.25, -0.2) is 23.1 Å². The van der Waals surface area contributed by atoms with E-state index < -0.39 is 10.0 Å². The molecule has 2 atom stereocenters. The maximum Gasteiger partial charge on any atom is 0.243 e. The summed E-state index contributed by atoms with van der Waals surface area (Å²) >= 11 is 5.49. The summed E-state index contributed by atoms with van der Waals surface area (Å²) in [6.45, 7) is 2.05. The molecular weight excluding hydrogens is 250 g/mol. The van der Waals surface area contributed by atoms with Crippen molar-refractivity contribution in [3.8, 4) is 0 Å². The Bertz CT molecular complexity index is 474. The Hall–Kier alpha value is -0.720. The van der Waals surface area contributed by atoms with E-state index in [2.05, 4.69) is 14.7 Å². The van der Waals surface area contributed by atoms with Crippen LogP contribution in [0.4, 0.5) is 0 Å². The first-order chi connectivity index (χ1) is 7.53. The number of hydrogen-bond donors (Lipinski definition) is 1. The largest absolute Gasteiger partial charge is 0.243 e. The van der Waals surface area contributed by atoms with Crippen molar-refractivity contribution in [1.82, 2.24) is 14.7 Å². The predicted octanol–water partition coefficient (Wildman–Crippen LogP) is 1.21. The van der Waals surface area contributed by atoms with Gasteiger partial charge in [0.2, 0.25) is 15.3 Å². The van der Waals surface area contributed by atoms with Crippen LogP contribution in [0, 0.1) is 5.92 Å². The molecule has 2 unspecified atom stereocenters. The van der Waals surface area contributed by atoms with E-state index in [4.69, 9.17) is 11.6 Å². The summed E-state index contributed by atoms with van der Waals surface area (Å²) < 4.78 is 26.3. The fraction of sp³-hybridized carbons (Fsp3) is 0.556. The molecule has 0 aromatic carbocycles. The van der Waals surface area contributed by atoms with Crippen LogP contribution in [0.3, 0.4) is 0 Å². The van der Waals surface area contributed by atoms with Crippen molar-refractivity contribution in [2.24, 2.45) is 5.92 Å². The number of nitrogens with one attached hydrogen (secondary N) is 1. The summed E-state index contributed by atoms with van der Waals surface area (Å²) in [4.78, 5) is 7.35. The molecule has 1 aromatic heterocycles. The first-order valence-corrected chi connectivity index (χ1v) is 6.89. The summed E-state index contributed by atoms with van der Waals surface area (Å²) in [7, 11) is -3.49. The zero-order chi connectivity index (χ0) is 11.8. The molecule has 0 saturated heterocycles. The Morgan fingerprint density at radius 3 is 2.62 bits per heavy atom. The van der Waals surface area contributed by atoms with Crippen molar-refractivity contribution in [3.05, 3.63) is 17.7 Å². The first kappa shape index (κ1) is 11.8. The highest BCUT2D eigenvalue weighted by molar-refractivity contribution is 7.89. The third-order valence-electron chi connectivity index (χ3n) is 2.66. The lowest BCUT2D eigenvalue weighted by atomic mass is 10.3. The van der Waals surface area contributed by atoms with Crippen molar-refractivity contribution in [2.45, 2.75) is 30.7 Å². The number of sulfonamides is 1. The number of nitrogens with zero attached hydrogens (tertiary/aromatic N) is 2. The van der Waals surface area contributed by atoms with Crippen LogP contribution in [-0.4, -0.2) is 24.4 Å². The van der Waals surface area contributed by atoms with Gasteiger partial charge >= 0.3 is 0 Å². The molecule has 0 amide bonds. The van der Waals surface area contributed by atoms with Gasteiger partial charge in [-0.1, -0.05) is 13.3 Å². The summed E-state index contributed by atoms with van der Waals surface area (Å²) in [5, 5.41) is 0.0387. The molecule has 5 nitrogen and oxygen atoms in total. The fourth-order valence-corrected chi connectivity index (χ4v) is 2.85. The number of aromatic nitrogens is 2. The van der Waals surface area contributed by atoms with Crippen LogP contribution in [0.1, 0.15) is 19.8 Å². The van der Waals surface area contributed by atoms with E-state index in [1.807, 2.05) is 6.92 Å². The average Bonchev–Trinajstić information content (AvgIpc) is 2.96. The summed E-state index contributed by atoms with van der Waals surface area (Å²) in [6.07, 6.45) is 4.32. The topological polar surface area (TPSA) is 72.0 Å². The van der Waals surface area contributed by atoms with Crippen LogP contribution < -0.4 is 4.72 Å². The average molecular weight is 262 g/mol. The van der Waals surface area contributed by atoms with Crippen LogP contribution in [0.15, 0.2) is 17.3 Å². The molecule has 7 heteroatoms. The van der Waals surface area contributed by atoms with E-state index in [-0.39, 0.29) is 16.2 Å². The molecule has 88 valence electrons. The predicted molar refractivity (Wildman–Crippen MR) is 59.5 cm³/mol. The van der Waals surface area contributed by atoms with E-state index in [1.165, 1.54) is 12.4 Å². The smallest absolute Gasteiger partial charge is 0.225 e. The molecule has 1 aliphatic carbocycles. The zero-order valence-corrected chi connectivity index (χ0v) is 10.3. The van der Waals surface area contributed by atoms with Gasteiger partial charge in [-0.3, -0.25) is 0 Å². The maximum absolute atomic E-state index is 11.8. The normalized spacial score (nSPS) is 24.4. The molecular formula is C9H12ClN3O2S. The molecule has 2 rings (SSSR count). The van der Waals surface area contributed by atoms with E-state index in [0.29, 0.717) is 5.92 Å². The minimum absolute atomic E-state index is 0.0387. The molecule has 1 fully saturated rings. The van der Waals surface area contributed by atoms with Crippen LogP contribution in [-0.2, 0) is 10.0 Å². The van der Waals surface area contributed by atoms with E-state index in [0.717, 1.165) is 12.8 Å². The van der Waals surface area contributed by atoms with Crippen molar-refractivity contribution in [1.29, 1.82) is 0 Å². The quantitative estimate of drug-likeness (QED) is 0.827. The van der Waals surface area contributed by atoms with E-state index in [1.54, 1.807) is 0 Å². The third kappa shape index (κ3) is 2.50. The third-order valence-corrected chi connectivity index (χ3v) is 4.30. The van der Waals surface area contributed by atoms with Gasteiger partial charge in [0.15, 0.2) is 0 Å². The van der Waals surface area contributed by atoms with Crippen LogP contribution in [0.25, 0.3) is 0 Å². The van der Waals surface area contributed by atoms with Crippen molar-refractivity contribution in [2.75, 3.05) is 0 Å². The molecule has 0 bridgehead atoms. The minimum atomic E-state index is -3.49. The number of hydrogen-bond acceptors (Lipinski definition) is 4. The van der Waals surface area contributed by atoms with Gasteiger partial charge in [-0.2, -0.15) is 0 Å². The lowest BCUT2D eigenvalue weighted by molar-refractivity contribution is 0.575. The lowest BCUT2D eigenvalue weighted by Gasteiger charge is -2.04. The fourth-order valence-electron chi connectivity index (χ4n) is 1.55. The number of rotatable bonds is 4. The first-order valence-electron chi connectivity index (χ1n) is 5.03. The SMILES string of the molecule is CCC1CC1NS(=O)(=O)c1cnc(Cl)nc1. The van der Waals surface area contributed by atoms with E-state index in [9.17, 15) is 8.42 Å². The standard InChI is InChI=1S/C9H12ClN3O2S/c1-2-6-3-8(6)13-16(14,15)7-4-11-9(10)12-5-7/h4-6,8,13H,2-3H2,1H3. The van der Waals surface area contributed by atoms with Gasteiger partial charge in [-0.05, 0) is 23.9 Å². The highest BCUT2D eigenvalue weighted by Gasteiger charge is 2.38.